The summed E-state index contributed by atoms with van der Waals surface area (Å²) in [6.45, 7) is 10.2. The molecule has 0 aliphatic rings. The lowest BCUT2D eigenvalue weighted by molar-refractivity contribution is 0.444. The molecule has 0 aromatic rings. The Bertz CT molecular complexity index is 304. The van der Waals surface area contributed by atoms with Gasteiger partial charge in [-0.25, -0.2) is 8.42 Å². The molecule has 0 bridgehead atoms. The van der Waals surface area contributed by atoms with Crippen molar-refractivity contribution in [2.45, 2.75) is 77.5 Å². The van der Waals surface area contributed by atoms with Crippen molar-refractivity contribution in [2.24, 2.45) is 0 Å². The quantitative estimate of drug-likeness (QED) is 0.704. The van der Waals surface area contributed by atoms with Crippen LogP contribution in [-0.2, 0) is 9.84 Å². The van der Waals surface area contributed by atoms with Gasteiger partial charge in [0.15, 0.2) is 9.84 Å². The minimum absolute atomic E-state index is 0.239. The van der Waals surface area contributed by atoms with E-state index in [2.05, 4.69) is 19.2 Å². The molecule has 0 saturated heterocycles. The second kappa shape index (κ2) is 8.16. The van der Waals surface area contributed by atoms with Gasteiger partial charge in [-0.3, -0.25) is 0 Å². The maximum absolute atomic E-state index is 12.0. The molecule has 0 radical (unpaired) electrons. The van der Waals surface area contributed by atoms with Crippen LogP contribution in [0.1, 0.15) is 66.7 Å². The predicted molar refractivity (Wildman–Crippen MR) is 79.8 cm³/mol. The fourth-order valence-corrected chi connectivity index (χ4v) is 2.85. The lowest BCUT2D eigenvalue weighted by Gasteiger charge is -2.22. The van der Waals surface area contributed by atoms with Crippen LogP contribution in [0.5, 0.6) is 0 Å². The minimum atomic E-state index is -2.99. The summed E-state index contributed by atoms with van der Waals surface area (Å²) in [4.78, 5) is 0. The van der Waals surface area contributed by atoms with Gasteiger partial charge in [-0.2, -0.15) is 0 Å². The highest BCUT2D eigenvalue weighted by Crippen LogP contribution is 2.15. The van der Waals surface area contributed by atoms with Gasteiger partial charge in [0, 0.05) is 12.6 Å². The van der Waals surface area contributed by atoms with Gasteiger partial charge in [0.2, 0.25) is 0 Å². The maximum atomic E-state index is 12.0. The standard InChI is InChI=1S/C14H31NO2S/c1-6-8-10-13(9-7-2)15-11-12-18(16,17)14(3,4)5/h13,15H,6-12H2,1-5H3. The van der Waals surface area contributed by atoms with Gasteiger partial charge in [0.1, 0.15) is 0 Å². The van der Waals surface area contributed by atoms with Gasteiger partial charge in [-0.1, -0.05) is 33.1 Å². The highest BCUT2D eigenvalue weighted by molar-refractivity contribution is 7.92. The van der Waals surface area contributed by atoms with E-state index in [9.17, 15) is 8.42 Å². The summed E-state index contributed by atoms with van der Waals surface area (Å²) >= 11 is 0. The molecular formula is C14H31NO2S. The summed E-state index contributed by atoms with van der Waals surface area (Å²) in [5.74, 6) is 0.239. The van der Waals surface area contributed by atoms with Crippen molar-refractivity contribution in [3.63, 3.8) is 0 Å². The molecule has 0 aliphatic carbocycles. The topological polar surface area (TPSA) is 46.2 Å². The SMILES string of the molecule is CCCCC(CCC)NCCS(=O)(=O)C(C)(C)C. The van der Waals surface area contributed by atoms with E-state index in [1.54, 1.807) is 20.8 Å². The second-order valence-electron chi connectivity index (χ2n) is 6.01. The van der Waals surface area contributed by atoms with Gasteiger partial charge in [0.05, 0.1) is 10.5 Å². The Kier molecular flexibility index (Phi) is 8.11. The molecule has 0 spiro atoms. The van der Waals surface area contributed by atoms with E-state index < -0.39 is 14.6 Å². The van der Waals surface area contributed by atoms with E-state index in [-0.39, 0.29) is 5.75 Å². The van der Waals surface area contributed by atoms with Crippen LogP contribution in [0.2, 0.25) is 0 Å². The molecule has 0 aliphatic heterocycles. The number of hydrogen-bond acceptors (Lipinski definition) is 3. The van der Waals surface area contributed by atoms with Crippen LogP contribution in [0.3, 0.4) is 0 Å². The van der Waals surface area contributed by atoms with Gasteiger partial charge >= 0.3 is 0 Å². The molecule has 1 N–H and O–H groups in total. The third kappa shape index (κ3) is 6.74. The number of unbranched alkanes of at least 4 members (excludes halogenated alkanes) is 1. The predicted octanol–water partition coefficient (Wildman–Crippen LogP) is 3.15. The maximum Gasteiger partial charge on any atom is 0.156 e. The van der Waals surface area contributed by atoms with Crippen molar-refractivity contribution in [3.05, 3.63) is 0 Å². The summed E-state index contributed by atoms with van der Waals surface area (Å²) in [7, 11) is -2.99. The Morgan fingerprint density at radius 1 is 1.06 bits per heavy atom. The van der Waals surface area contributed by atoms with E-state index in [0.29, 0.717) is 12.6 Å². The van der Waals surface area contributed by atoms with E-state index in [4.69, 9.17) is 0 Å². The first-order valence-electron chi connectivity index (χ1n) is 7.20. The van der Waals surface area contributed by atoms with Gasteiger partial charge < -0.3 is 5.32 Å². The van der Waals surface area contributed by atoms with Crippen molar-refractivity contribution in [1.29, 1.82) is 0 Å². The molecule has 3 nitrogen and oxygen atoms in total. The zero-order valence-corrected chi connectivity index (χ0v) is 13.6. The zero-order valence-electron chi connectivity index (χ0n) is 12.8. The zero-order chi connectivity index (χ0) is 14.2. The lowest BCUT2D eigenvalue weighted by atomic mass is 10.1. The summed E-state index contributed by atoms with van der Waals surface area (Å²) in [5, 5.41) is 3.40. The molecule has 1 atom stereocenters. The number of hydrogen-bond donors (Lipinski definition) is 1. The summed E-state index contributed by atoms with van der Waals surface area (Å²) in [6.07, 6.45) is 5.84. The number of rotatable bonds is 9. The molecular weight excluding hydrogens is 246 g/mol. The van der Waals surface area contributed by atoms with Crippen molar-refractivity contribution in [3.8, 4) is 0 Å². The van der Waals surface area contributed by atoms with E-state index in [0.717, 1.165) is 19.3 Å². The highest BCUT2D eigenvalue weighted by atomic mass is 32.2. The molecule has 0 aromatic carbocycles. The van der Waals surface area contributed by atoms with Gasteiger partial charge in [0.25, 0.3) is 0 Å². The van der Waals surface area contributed by atoms with Gasteiger partial charge in [-0.05, 0) is 33.6 Å². The second-order valence-corrected chi connectivity index (χ2v) is 8.88. The Labute approximate surface area is 114 Å². The van der Waals surface area contributed by atoms with Crippen molar-refractivity contribution < 1.29 is 8.42 Å². The minimum Gasteiger partial charge on any atom is -0.313 e. The third-order valence-electron chi connectivity index (χ3n) is 3.28. The van der Waals surface area contributed by atoms with E-state index >= 15 is 0 Å². The van der Waals surface area contributed by atoms with Crippen LogP contribution < -0.4 is 5.32 Å². The smallest absolute Gasteiger partial charge is 0.156 e. The van der Waals surface area contributed by atoms with Crippen molar-refractivity contribution in [2.75, 3.05) is 12.3 Å². The molecule has 0 rings (SSSR count). The van der Waals surface area contributed by atoms with Crippen LogP contribution in [0.25, 0.3) is 0 Å². The molecule has 0 heterocycles. The molecule has 0 amide bonds. The molecule has 4 heteroatoms. The van der Waals surface area contributed by atoms with Crippen LogP contribution in [0.15, 0.2) is 0 Å². The van der Waals surface area contributed by atoms with Crippen LogP contribution in [0.4, 0.5) is 0 Å². The number of sulfone groups is 1. The van der Waals surface area contributed by atoms with Crippen molar-refractivity contribution in [1.82, 2.24) is 5.32 Å². The summed E-state index contributed by atoms with van der Waals surface area (Å²) in [6, 6.07) is 0.477. The Morgan fingerprint density at radius 2 is 1.67 bits per heavy atom. The van der Waals surface area contributed by atoms with Crippen molar-refractivity contribution >= 4 is 9.84 Å². The summed E-state index contributed by atoms with van der Waals surface area (Å²) in [5.41, 5.74) is 0. The molecule has 110 valence electrons. The first kappa shape index (κ1) is 17.9. The lowest BCUT2D eigenvalue weighted by Crippen LogP contribution is -2.38. The van der Waals surface area contributed by atoms with E-state index in [1.807, 2.05) is 0 Å². The average molecular weight is 277 g/mol. The van der Waals surface area contributed by atoms with Gasteiger partial charge in [-0.15, -0.1) is 0 Å². The Hall–Kier alpha value is -0.0900. The highest BCUT2D eigenvalue weighted by Gasteiger charge is 2.28. The molecule has 0 aromatic heterocycles. The molecule has 18 heavy (non-hydrogen) atoms. The van der Waals surface area contributed by atoms with E-state index in [1.165, 1.54) is 12.8 Å². The van der Waals surface area contributed by atoms with Crippen LogP contribution in [0, 0.1) is 0 Å². The Morgan fingerprint density at radius 3 is 2.11 bits per heavy atom. The Balaban J connectivity index is 4.13. The van der Waals surface area contributed by atoms with Crippen LogP contribution in [-0.4, -0.2) is 31.5 Å². The number of nitrogens with one attached hydrogen (secondary N) is 1. The molecule has 0 fully saturated rings. The average Bonchev–Trinajstić information content (AvgIpc) is 2.24. The fraction of sp³-hybridized carbons (Fsp3) is 1.00. The normalized spacial score (nSPS) is 14.7. The first-order chi connectivity index (χ1) is 8.24. The van der Waals surface area contributed by atoms with Crippen LogP contribution >= 0.6 is 0 Å². The first-order valence-corrected chi connectivity index (χ1v) is 8.85. The largest absolute Gasteiger partial charge is 0.313 e. The molecule has 0 saturated carbocycles. The molecule has 1 unspecified atom stereocenters. The monoisotopic (exact) mass is 277 g/mol. The fourth-order valence-electron chi connectivity index (χ4n) is 1.85. The third-order valence-corrected chi connectivity index (χ3v) is 5.89. The summed E-state index contributed by atoms with van der Waals surface area (Å²) < 4.78 is 23.3.